The second-order valence-corrected chi connectivity index (χ2v) is 7.01. The first-order valence-electron chi connectivity index (χ1n) is 6.76. The quantitative estimate of drug-likeness (QED) is 0.657. The van der Waals surface area contributed by atoms with Crippen molar-refractivity contribution in [3.05, 3.63) is 20.8 Å². The average Bonchev–Trinajstić information content (AvgIpc) is 2.76. The van der Waals surface area contributed by atoms with Crippen molar-refractivity contribution < 1.29 is 4.74 Å². The Labute approximate surface area is 129 Å². The van der Waals surface area contributed by atoms with Crippen molar-refractivity contribution in [3.63, 3.8) is 0 Å². The van der Waals surface area contributed by atoms with Crippen molar-refractivity contribution in [2.24, 2.45) is 5.92 Å². The molecule has 0 aliphatic heterocycles. The number of nitrogens with one attached hydrogen (secondary N) is 1. The lowest BCUT2D eigenvalue weighted by molar-refractivity contribution is 0.140. The third-order valence-electron chi connectivity index (χ3n) is 2.76. The van der Waals surface area contributed by atoms with Gasteiger partial charge in [0.25, 0.3) is 0 Å². The van der Waals surface area contributed by atoms with Crippen LogP contribution in [0.3, 0.4) is 0 Å². The third kappa shape index (κ3) is 8.05. The van der Waals surface area contributed by atoms with E-state index in [4.69, 9.17) is 4.74 Å². The van der Waals surface area contributed by atoms with E-state index >= 15 is 0 Å². The molecule has 3 nitrogen and oxygen atoms in total. The first-order valence-corrected chi connectivity index (χ1v) is 8.44. The Morgan fingerprint density at radius 1 is 1.42 bits per heavy atom. The molecule has 0 aromatic carbocycles. The van der Waals surface area contributed by atoms with Gasteiger partial charge in [-0.15, -0.1) is 11.3 Å². The number of methoxy groups -OCH3 is 1. The van der Waals surface area contributed by atoms with Gasteiger partial charge in [0.15, 0.2) is 0 Å². The van der Waals surface area contributed by atoms with Crippen molar-refractivity contribution in [1.29, 1.82) is 0 Å². The van der Waals surface area contributed by atoms with Crippen LogP contribution in [0.2, 0.25) is 0 Å². The maximum Gasteiger partial charge on any atom is 0.0589 e. The zero-order valence-electron chi connectivity index (χ0n) is 12.1. The highest BCUT2D eigenvalue weighted by Gasteiger charge is 2.06. The predicted molar refractivity (Wildman–Crippen MR) is 86.9 cm³/mol. The van der Waals surface area contributed by atoms with Crippen LogP contribution in [0.15, 0.2) is 15.9 Å². The Morgan fingerprint density at radius 2 is 2.21 bits per heavy atom. The van der Waals surface area contributed by atoms with Crippen LogP contribution in [0.25, 0.3) is 0 Å². The molecule has 1 aromatic rings. The fourth-order valence-electron chi connectivity index (χ4n) is 1.93. The summed E-state index contributed by atoms with van der Waals surface area (Å²) in [5.41, 5.74) is 0. The molecular weight excluding hydrogens is 324 g/mol. The summed E-state index contributed by atoms with van der Waals surface area (Å²) < 4.78 is 6.34. The van der Waals surface area contributed by atoms with E-state index < -0.39 is 0 Å². The summed E-state index contributed by atoms with van der Waals surface area (Å²) in [4.78, 5) is 3.84. The van der Waals surface area contributed by atoms with E-state index in [2.05, 4.69) is 51.4 Å². The molecule has 0 amide bonds. The number of halogens is 1. The predicted octanol–water partition coefficient (Wildman–Crippen LogP) is 3.20. The largest absolute Gasteiger partial charge is 0.383 e. The molecule has 1 aromatic heterocycles. The molecule has 0 fully saturated rings. The topological polar surface area (TPSA) is 24.5 Å². The lowest BCUT2D eigenvalue weighted by Gasteiger charge is -2.24. The van der Waals surface area contributed by atoms with Gasteiger partial charge in [-0.2, -0.15) is 0 Å². The number of ether oxygens (including phenoxy) is 1. The van der Waals surface area contributed by atoms with Crippen LogP contribution >= 0.6 is 27.3 Å². The van der Waals surface area contributed by atoms with E-state index in [0.717, 1.165) is 39.3 Å². The SMILES string of the molecule is COCCN(CCNCc1cc(Br)cs1)CC(C)C. The second kappa shape index (κ2) is 9.88. The Balaban J connectivity index is 2.19. The molecule has 0 unspecified atom stereocenters. The van der Waals surface area contributed by atoms with Gasteiger partial charge >= 0.3 is 0 Å². The van der Waals surface area contributed by atoms with E-state index in [0.29, 0.717) is 5.92 Å². The minimum absolute atomic E-state index is 0.699. The van der Waals surface area contributed by atoms with Crippen molar-refractivity contribution in [1.82, 2.24) is 10.2 Å². The van der Waals surface area contributed by atoms with E-state index in [1.54, 1.807) is 18.4 Å². The Kier molecular flexibility index (Phi) is 8.90. The van der Waals surface area contributed by atoms with Crippen LogP contribution in [0.1, 0.15) is 18.7 Å². The molecule has 0 bridgehead atoms. The molecule has 1 rings (SSSR count). The van der Waals surface area contributed by atoms with Crippen molar-refractivity contribution in [2.45, 2.75) is 20.4 Å². The average molecular weight is 349 g/mol. The normalized spacial score (nSPS) is 11.7. The maximum absolute atomic E-state index is 5.17. The third-order valence-corrected chi connectivity index (χ3v) is 4.46. The number of thiophene rings is 1. The van der Waals surface area contributed by atoms with Gasteiger partial charge < -0.3 is 10.1 Å². The Morgan fingerprint density at radius 3 is 2.79 bits per heavy atom. The summed E-state index contributed by atoms with van der Waals surface area (Å²) in [6.07, 6.45) is 0. The van der Waals surface area contributed by atoms with E-state index in [-0.39, 0.29) is 0 Å². The van der Waals surface area contributed by atoms with Gasteiger partial charge in [-0.25, -0.2) is 0 Å². The highest BCUT2D eigenvalue weighted by Crippen LogP contribution is 2.19. The summed E-state index contributed by atoms with van der Waals surface area (Å²) in [5, 5.41) is 5.63. The van der Waals surface area contributed by atoms with Crippen LogP contribution in [-0.4, -0.2) is 44.8 Å². The van der Waals surface area contributed by atoms with Gasteiger partial charge in [0.05, 0.1) is 6.61 Å². The summed E-state index contributed by atoms with van der Waals surface area (Å²) in [7, 11) is 1.76. The van der Waals surface area contributed by atoms with Crippen molar-refractivity contribution in [3.8, 4) is 0 Å². The van der Waals surface area contributed by atoms with Gasteiger partial charge in [0.1, 0.15) is 0 Å². The van der Waals surface area contributed by atoms with Gasteiger partial charge in [-0.1, -0.05) is 13.8 Å². The number of rotatable bonds is 10. The molecule has 0 saturated carbocycles. The first kappa shape index (κ1) is 17.1. The Bertz CT molecular complexity index is 344. The van der Waals surface area contributed by atoms with Crippen LogP contribution in [-0.2, 0) is 11.3 Å². The molecule has 0 aliphatic carbocycles. The van der Waals surface area contributed by atoms with Gasteiger partial charge in [0.2, 0.25) is 0 Å². The molecule has 0 spiro atoms. The standard InChI is InChI=1S/C14H25BrN2OS/c1-12(2)10-17(6-7-18-3)5-4-16-9-14-8-13(15)11-19-14/h8,11-12,16H,4-7,9-10H2,1-3H3. The zero-order chi connectivity index (χ0) is 14.1. The molecule has 1 heterocycles. The van der Waals surface area contributed by atoms with Crippen LogP contribution in [0.4, 0.5) is 0 Å². The lowest BCUT2D eigenvalue weighted by Crippen LogP contribution is -2.36. The zero-order valence-corrected chi connectivity index (χ0v) is 14.5. The van der Waals surface area contributed by atoms with Crippen LogP contribution in [0, 0.1) is 5.92 Å². The van der Waals surface area contributed by atoms with E-state index in [9.17, 15) is 0 Å². The monoisotopic (exact) mass is 348 g/mol. The lowest BCUT2D eigenvalue weighted by atomic mass is 10.2. The maximum atomic E-state index is 5.17. The fourth-order valence-corrected chi connectivity index (χ4v) is 3.35. The molecular formula is C14H25BrN2OS. The summed E-state index contributed by atoms with van der Waals surface area (Å²) in [5.74, 6) is 0.699. The van der Waals surface area contributed by atoms with E-state index in [1.165, 1.54) is 9.35 Å². The van der Waals surface area contributed by atoms with Gasteiger partial charge in [-0.05, 0) is 27.9 Å². The van der Waals surface area contributed by atoms with Crippen molar-refractivity contribution in [2.75, 3.05) is 39.9 Å². The molecule has 110 valence electrons. The van der Waals surface area contributed by atoms with Crippen LogP contribution in [0.5, 0.6) is 0 Å². The highest BCUT2D eigenvalue weighted by molar-refractivity contribution is 9.10. The number of nitrogens with zero attached hydrogens (tertiary/aromatic N) is 1. The molecule has 5 heteroatoms. The Hall–Kier alpha value is 0.0600. The molecule has 0 radical (unpaired) electrons. The molecule has 0 saturated heterocycles. The minimum Gasteiger partial charge on any atom is -0.383 e. The number of hydrogen-bond donors (Lipinski definition) is 1. The molecule has 1 N–H and O–H groups in total. The fraction of sp³-hybridized carbons (Fsp3) is 0.714. The summed E-state index contributed by atoms with van der Waals surface area (Å²) >= 11 is 5.27. The number of hydrogen-bond acceptors (Lipinski definition) is 4. The van der Waals surface area contributed by atoms with Gasteiger partial charge in [-0.3, -0.25) is 4.90 Å². The highest BCUT2D eigenvalue weighted by atomic mass is 79.9. The minimum atomic E-state index is 0.699. The first-order chi connectivity index (χ1) is 9.11. The van der Waals surface area contributed by atoms with Gasteiger partial charge in [0, 0.05) is 54.6 Å². The van der Waals surface area contributed by atoms with Crippen molar-refractivity contribution >= 4 is 27.3 Å². The smallest absolute Gasteiger partial charge is 0.0589 e. The van der Waals surface area contributed by atoms with Crippen LogP contribution < -0.4 is 5.32 Å². The second-order valence-electron chi connectivity index (χ2n) is 5.10. The molecule has 0 aliphatic rings. The summed E-state index contributed by atoms with van der Waals surface area (Å²) in [6.45, 7) is 10.5. The summed E-state index contributed by atoms with van der Waals surface area (Å²) in [6, 6.07) is 2.18. The van der Waals surface area contributed by atoms with E-state index in [1.807, 2.05) is 0 Å². The molecule has 0 atom stereocenters. The molecule has 19 heavy (non-hydrogen) atoms.